The van der Waals surface area contributed by atoms with Crippen LogP contribution >= 0.6 is 0 Å². The van der Waals surface area contributed by atoms with Crippen molar-refractivity contribution in [1.29, 1.82) is 0 Å². The standard InChI is InChI=1S/C15H18/c1-4-12-8-9-13-6-5-7-14(11(2)3)15(13)10-12/h5-11H,4H2,1-3H3. The lowest BCUT2D eigenvalue weighted by atomic mass is 9.94. The van der Waals surface area contributed by atoms with Crippen molar-refractivity contribution in [2.24, 2.45) is 0 Å². The molecule has 0 fully saturated rings. The fourth-order valence-electron chi connectivity index (χ4n) is 2.07. The van der Waals surface area contributed by atoms with Crippen LogP contribution in [0.5, 0.6) is 0 Å². The Morgan fingerprint density at radius 1 is 1.07 bits per heavy atom. The van der Waals surface area contributed by atoms with Gasteiger partial charge in [-0.1, -0.05) is 57.2 Å². The van der Waals surface area contributed by atoms with Gasteiger partial charge in [0, 0.05) is 0 Å². The van der Waals surface area contributed by atoms with Crippen molar-refractivity contribution in [1.82, 2.24) is 0 Å². The number of hydrogen-bond donors (Lipinski definition) is 0. The maximum Gasteiger partial charge on any atom is -0.0147 e. The molecule has 0 nitrogen and oxygen atoms in total. The quantitative estimate of drug-likeness (QED) is 0.665. The molecule has 0 radical (unpaired) electrons. The van der Waals surface area contributed by atoms with E-state index in [2.05, 4.69) is 57.2 Å². The monoisotopic (exact) mass is 198 g/mol. The van der Waals surface area contributed by atoms with Crippen LogP contribution in [-0.2, 0) is 6.42 Å². The van der Waals surface area contributed by atoms with Gasteiger partial charge in [0.25, 0.3) is 0 Å². The number of rotatable bonds is 2. The molecule has 0 aliphatic rings. The Morgan fingerprint density at radius 2 is 1.87 bits per heavy atom. The van der Waals surface area contributed by atoms with Gasteiger partial charge in [0.05, 0.1) is 0 Å². The Morgan fingerprint density at radius 3 is 2.53 bits per heavy atom. The molecule has 15 heavy (non-hydrogen) atoms. The molecule has 0 amide bonds. The van der Waals surface area contributed by atoms with Crippen molar-refractivity contribution in [3.63, 3.8) is 0 Å². The van der Waals surface area contributed by atoms with Crippen LogP contribution in [0, 0.1) is 0 Å². The summed E-state index contributed by atoms with van der Waals surface area (Å²) in [5.41, 5.74) is 2.89. The highest BCUT2D eigenvalue weighted by Gasteiger charge is 2.04. The van der Waals surface area contributed by atoms with Gasteiger partial charge in [-0.25, -0.2) is 0 Å². The molecule has 0 atom stereocenters. The summed E-state index contributed by atoms with van der Waals surface area (Å²) in [5, 5.41) is 2.78. The summed E-state index contributed by atoms with van der Waals surface area (Å²) in [6, 6.07) is 13.4. The molecular formula is C15H18. The van der Waals surface area contributed by atoms with E-state index in [1.165, 1.54) is 21.9 Å². The maximum atomic E-state index is 2.34. The zero-order valence-corrected chi connectivity index (χ0v) is 9.75. The molecule has 78 valence electrons. The van der Waals surface area contributed by atoms with Crippen LogP contribution in [0.4, 0.5) is 0 Å². The summed E-state index contributed by atoms with van der Waals surface area (Å²) in [4.78, 5) is 0. The number of fused-ring (bicyclic) bond motifs is 1. The van der Waals surface area contributed by atoms with E-state index in [1.807, 2.05) is 0 Å². The van der Waals surface area contributed by atoms with Crippen LogP contribution in [0.3, 0.4) is 0 Å². The SMILES string of the molecule is CCc1ccc2cccc(C(C)C)c2c1. The molecule has 0 heterocycles. The lowest BCUT2D eigenvalue weighted by Crippen LogP contribution is -1.90. The van der Waals surface area contributed by atoms with Crippen molar-refractivity contribution >= 4 is 10.8 Å². The van der Waals surface area contributed by atoms with E-state index >= 15 is 0 Å². The lowest BCUT2D eigenvalue weighted by molar-refractivity contribution is 0.876. The van der Waals surface area contributed by atoms with E-state index in [0.717, 1.165) is 6.42 Å². The van der Waals surface area contributed by atoms with E-state index in [0.29, 0.717) is 5.92 Å². The Bertz CT molecular complexity index is 466. The minimum absolute atomic E-state index is 0.598. The van der Waals surface area contributed by atoms with Gasteiger partial charge < -0.3 is 0 Å². The Kier molecular flexibility index (Phi) is 2.77. The zero-order valence-electron chi connectivity index (χ0n) is 9.75. The summed E-state index contributed by atoms with van der Waals surface area (Å²) < 4.78 is 0. The van der Waals surface area contributed by atoms with Crippen LogP contribution in [0.2, 0.25) is 0 Å². The second-order valence-corrected chi connectivity index (χ2v) is 4.41. The van der Waals surface area contributed by atoms with Gasteiger partial charge in [-0.05, 0) is 34.2 Å². The van der Waals surface area contributed by atoms with Crippen molar-refractivity contribution in [2.75, 3.05) is 0 Å². The first kappa shape index (κ1) is 10.2. The van der Waals surface area contributed by atoms with E-state index in [4.69, 9.17) is 0 Å². The zero-order chi connectivity index (χ0) is 10.8. The number of benzene rings is 2. The van der Waals surface area contributed by atoms with Crippen molar-refractivity contribution in [3.05, 3.63) is 47.5 Å². The first-order chi connectivity index (χ1) is 7.22. The molecule has 0 N–H and O–H groups in total. The molecule has 0 heteroatoms. The van der Waals surface area contributed by atoms with E-state index in [9.17, 15) is 0 Å². The maximum absolute atomic E-state index is 2.34. The predicted octanol–water partition coefficient (Wildman–Crippen LogP) is 4.53. The first-order valence-electron chi connectivity index (χ1n) is 5.74. The van der Waals surface area contributed by atoms with Gasteiger partial charge in [-0.3, -0.25) is 0 Å². The smallest absolute Gasteiger partial charge is 0.0147 e. The van der Waals surface area contributed by atoms with Gasteiger partial charge in [-0.2, -0.15) is 0 Å². The largest absolute Gasteiger partial charge is 0.0613 e. The predicted molar refractivity (Wildman–Crippen MR) is 67.4 cm³/mol. The Balaban J connectivity index is 2.70. The molecule has 0 bridgehead atoms. The van der Waals surface area contributed by atoms with Gasteiger partial charge in [0.1, 0.15) is 0 Å². The third kappa shape index (κ3) is 1.90. The van der Waals surface area contributed by atoms with Crippen LogP contribution in [0.15, 0.2) is 36.4 Å². The van der Waals surface area contributed by atoms with E-state index < -0.39 is 0 Å². The van der Waals surface area contributed by atoms with Crippen LogP contribution < -0.4 is 0 Å². The van der Waals surface area contributed by atoms with Gasteiger partial charge >= 0.3 is 0 Å². The number of aryl methyl sites for hydroxylation is 1. The van der Waals surface area contributed by atoms with Crippen LogP contribution in [0.25, 0.3) is 10.8 Å². The summed E-state index contributed by atoms with van der Waals surface area (Å²) in [7, 11) is 0. The average molecular weight is 198 g/mol. The van der Waals surface area contributed by atoms with Crippen LogP contribution in [0.1, 0.15) is 37.8 Å². The fourth-order valence-corrected chi connectivity index (χ4v) is 2.07. The third-order valence-electron chi connectivity index (χ3n) is 3.01. The minimum atomic E-state index is 0.598. The highest BCUT2D eigenvalue weighted by Crippen LogP contribution is 2.26. The molecule has 0 unspecified atom stereocenters. The van der Waals surface area contributed by atoms with Gasteiger partial charge in [0.2, 0.25) is 0 Å². The molecule has 0 saturated heterocycles. The summed E-state index contributed by atoms with van der Waals surface area (Å²) in [6.07, 6.45) is 1.11. The second-order valence-electron chi connectivity index (χ2n) is 4.41. The number of hydrogen-bond acceptors (Lipinski definition) is 0. The second kappa shape index (κ2) is 4.06. The molecule has 0 aliphatic carbocycles. The molecule has 0 saturated carbocycles. The van der Waals surface area contributed by atoms with Crippen molar-refractivity contribution in [3.8, 4) is 0 Å². The molecule has 2 rings (SSSR count). The van der Waals surface area contributed by atoms with Crippen molar-refractivity contribution in [2.45, 2.75) is 33.1 Å². The molecule has 0 aromatic heterocycles. The summed E-state index contributed by atoms with van der Waals surface area (Å²) >= 11 is 0. The van der Waals surface area contributed by atoms with Gasteiger partial charge in [-0.15, -0.1) is 0 Å². The van der Waals surface area contributed by atoms with E-state index in [1.54, 1.807) is 0 Å². The molecular weight excluding hydrogens is 180 g/mol. The molecule has 2 aromatic rings. The minimum Gasteiger partial charge on any atom is -0.0613 e. The Hall–Kier alpha value is -1.30. The highest BCUT2D eigenvalue weighted by molar-refractivity contribution is 5.86. The highest BCUT2D eigenvalue weighted by atomic mass is 14.1. The molecule has 2 aromatic carbocycles. The summed E-state index contributed by atoms with van der Waals surface area (Å²) in [6.45, 7) is 6.72. The first-order valence-corrected chi connectivity index (χ1v) is 5.74. The van der Waals surface area contributed by atoms with Gasteiger partial charge in [0.15, 0.2) is 0 Å². The lowest BCUT2D eigenvalue weighted by Gasteiger charge is -2.10. The third-order valence-corrected chi connectivity index (χ3v) is 3.01. The van der Waals surface area contributed by atoms with Crippen LogP contribution in [-0.4, -0.2) is 0 Å². The van der Waals surface area contributed by atoms with E-state index in [-0.39, 0.29) is 0 Å². The summed E-state index contributed by atoms with van der Waals surface area (Å²) in [5.74, 6) is 0.598. The normalized spacial score (nSPS) is 11.2. The average Bonchev–Trinajstić information content (AvgIpc) is 2.27. The fraction of sp³-hybridized carbons (Fsp3) is 0.333. The topological polar surface area (TPSA) is 0 Å². The Labute approximate surface area is 91.9 Å². The molecule has 0 aliphatic heterocycles. The van der Waals surface area contributed by atoms with Crippen molar-refractivity contribution < 1.29 is 0 Å². The molecule has 0 spiro atoms.